The minimum Gasteiger partial charge on any atom is -0.439 e. The normalized spacial score (nSPS) is 12.7. The fourth-order valence-corrected chi connectivity index (χ4v) is 1.74. The molecule has 3 nitrogen and oxygen atoms in total. The highest BCUT2D eigenvalue weighted by molar-refractivity contribution is 5.62. The number of nitrogens with zero attached hydrogens (tertiary/aromatic N) is 1. The Hall–Kier alpha value is -1.61. The highest BCUT2D eigenvalue weighted by Gasteiger charge is 2.12. The molecule has 17 heavy (non-hydrogen) atoms. The molecule has 0 fully saturated rings. The summed E-state index contributed by atoms with van der Waals surface area (Å²) >= 11 is 0. The van der Waals surface area contributed by atoms with Crippen LogP contribution in [-0.2, 0) is 0 Å². The van der Waals surface area contributed by atoms with Crippen molar-refractivity contribution in [1.29, 1.82) is 0 Å². The van der Waals surface area contributed by atoms with Gasteiger partial charge in [-0.25, -0.2) is 4.98 Å². The van der Waals surface area contributed by atoms with Gasteiger partial charge >= 0.3 is 0 Å². The van der Waals surface area contributed by atoms with E-state index in [-0.39, 0.29) is 6.04 Å². The molecule has 0 aliphatic heterocycles. The molecule has 0 bridgehead atoms. The van der Waals surface area contributed by atoms with Crippen LogP contribution in [0.4, 0.5) is 0 Å². The Morgan fingerprint density at radius 1 is 1.29 bits per heavy atom. The lowest BCUT2D eigenvalue weighted by atomic mass is 10.0. The monoisotopic (exact) mass is 230 g/mol. The predicted octanol–water partition coefficient (Wildman–Crippen LogP) is 3.24. The van der Waals surface area contributed by atoms with Crippen LogP contribution in [0.5, 0.6) is 0 Å². The molecule has 0 aliphatic rings. The first-order valence-electron chi connectivity index (χ1n) is 5.82. The molecule has 0 saturated carbocycles. The summed E-state index contributed by atoms with van der Waals surface area (Å²) in [5.41, 5.74) is 3.55. The molecular formula is C14H18N2O. The van der Waals surface area contributed by atoms with Crippen molar-refractivity contribution in [3.63, 3.8) is 0 Å². The largest absolute Gasteiger partial charge is 0.439 e. The average Bonchev–Trinajstić information content (AvgIpc) is 2.80. The van der Waals surface area contributed by atoms with Gasteiger partial charge in [0.15, 0.2) is 5.76 Å². The summed E-state index contributed by atoms with van der Waals surface area (Å²) in [5, 5.41) is 3.12. The zero-order valence-corrected chi connectivity index (χ0v) is 10.7. The second kappa shape index (κ2) is 4.72. The third kappa shape index (κ3) is 2.39. The Morgan fingerprint density at radius 2 is 2.06 bits per heavy atom. The Bertz CT molecular complexity index is 517. The number of rotatable bonds is 3. The van der Waals surface area contributed by atoms with E-state index >= 15 is 0 Å². The molecule has 1 unspecified atom stereocenters. The number of aryl methyl sites for hydroxylation is 2. The molecule has 1 heterocycles. The van der Waals surface area contributed by atoms with Crippen molar-refractivity contribution in [2.24, 2.45) is 0 Å². The van der Waals surface area contributed by atoms with Crippen LogP contribution in [0.15, 0.2) is 28.8 Å². The van der Waals surface area contributed by atoms with Gasteiger partial charge in [-0.2, -0.15) is 0 Å². The second-order valence-electron chi connectivity index (χ2n) is 4.39. The molecule has 0 amide bonds. The molecule has 1 aromatic heterocycles. The van der Waals surface area contributed by atoms with E-state index < -0.39 is 0 Å². The van der Waals surface area contributed by atoms with Gasteiger partial charge in [-0.15, -0.1) is 0 Å². The van der Waals surface area contributed by atoms with E-state index in [2.05, 4.69) is 42.3 Å². The summed E-state index contributed by atoms with van der Waals surface area (Å²) in [6.45, 7) is 6.19. The minimum atomic E-state index is 0.133. The van der Waals surface area contributed by atoms with E-state index in [0.29, 0.717) is 0 Å². The van der Waals surface area contributed by atoms with Gasteiger partial charge in [0.2, 0.25) is 5.89 Å². The third-order valence-corrected chi connectivity index (χ3v) is 2.99. The summed E-state index contributed by atoms with van der Waals surface area (Å²) in [4.78, 5) is 4.30. The number of hydrogen-bond acceptors (Lipinski definition) is 3. The van der Waals surface area contributed by atoms with Crippen LogP contribution in [0.3, 0.4) is 0 Å². The molecule has 2 rings (SSSR count). The molecule has 1 N–H and O–H groups in total. The Morgan fingerprint density at radius 3 is 2.76 bits per heavy atom. The topological polar surface area (TPSA) is 38.1 Å². The van der Waals surface area contributed by atoms with Gasteiger partial charge in [-0.05, 0) is 39.4 Å². The lowest BCUT2D eigenvalue weighted by molar-refractivity contribution is 0.441. The van der Waals surface area contributed by atoms with E-state index in [4.69, 9.17) is 4.42 Å². The fourth-order valence-electron chi connectivity index (χ4n) is 1.74. The van der Waals surface area contributed by atoms with E-state index in [1.165, 1.54) is 11.1 Å². The van der Waals surface area contributed by atoms with Crippen LogP contribution in [0.1, 0.15) is 30.0 Å². The van der Waals surface area contributed by atoms with Crippen LogP contribution in [0.25, 0.3) is 11.3 Å². The average molecular weight is 230 g/mol. The highest BCUT2D eigenvalue weighted by Crippen LogP contribution is 2.26. The fraction of sp³-hybridized carbons (Fsp3) is 0.357. The SMILES string of the molecule is CNC(C)c1ncc(-c2cc(C)ccc2C)o1. The van der Waals surface area contributed by atoms with Crippen molar-refractivity contribution in [3.8, 4) is 11.3 Å². The van der Waals surface area contributed by atoms with Crippen LogP contribution in [0, 0.1) is 13.8 Å². The zero-order valence-electron chi connectivity index (χ0n) is 10.7. The molecule has 90 valence electrons. The van der Waals surface area contributed by atoms with Gasteiger partial charge in [0.05, 0.1) is 12.2 Å². The van der Waals surface area contributed by atoms with E-state index in [9.17, 15) is 0 Å². The summed E-state index contributed by atoms with van der Waals surface area (Å²) in [5.74, 6) is 1.56. The molecule has 2 aromatic rings. The zero-order chi connectivity index (χ0) is 12.4. The number of nitrogens with one attached hydrogen (secondary N) is 1. The first-order chi connectivity index (χ1) is 8.11. The lowest BCUT2D eigenvalue weighted by Crippen LogP contribution is -2.12. The van der Waals surface area contributed by atoms with Gasteiger partial charge in [0.1, 0.15) is 0 Å². The van der Waals surface area contributed by atoms with Gasteiger partial charge in [0, 0.05) is 5.56 Å². The van der Waals surface area contributed by atoms with Gasteiger partial charge in [0.25, 0.3) is 0 Å². The van der Waals surface area contributed by atoms with E-state index in [1.54, 1.807) is 6.20 Å². The maximum Gasteiger partial charge on any atom is 0.211 e. The van der Waals surface area contributed by atoms with Gasteiger partial charge in [-0.1, -0.05) is 17.7 Å². The van der Waals surface area contributed by atoms with Crippen LogP contribution < -0.4 is 5.32 Å². The third-order valence-electron chi connectivity index (χ3n) is 2.99. The maximum absolute atomic E-state index is 5.78. The minimum absolute atomic E-state index is 0.133. The molecule has 0 spiro atoms. The van der Waals surface area contributed by atoms with Gasteiger partial charge in [-0.3, -0.25) is 0 Å². The van der Waals surface area contributed by atoms with E-state index in [0.717, 1.165) is 17.2 Å². The van der Waals surface area contributed by atoms with Crippen molar-refractivity contribution < 1.29 is 4.42 Å². The molecule has 0 aliphatic carbocycles. The lowest BCUT2D eigenvalue weighted by Gasteiger charge is -2.05. The molecule has 0 saturated heterocycles. The second-order valence-corrected chi connectivity index (χ2v) is 4.39. The Balaban J connectivity index is 2.40. The maximum atomic E-state index is 5.78. The first-order valence-corrected chi connectivity index (χ1v) is 5.82. The van der Waals surface area contributed by atoms with Crippen molar-refractivity contribution in [2.45, 2.75) is 26.8 Å². The number of oxazole rings is 1. The van der Waals surface area contributed by atoms with Crippen molar-refractivity contribution in [1.82, 2.24) is 10.3 Å². The van der Waals surface area contributed by atoms with Crippen LogP contribution >= 0.6 is 0 Å². The molecule has 3 heteroatoms. The standard InChI is InChI=1S/C14H18N2O/c1-9-5-6-10(2)12(7-9)13-8-16-14(17-13)11(3)15-4/h5-8,11,15H,1-4H3. The van der Waals surface area contributed by atoms with Crippen LogP contribution in [-0.4, -0.2) is 12.0 Å². The summed E-state index contributed by atoms with van der Waals surface area (Å²) in [7, 11) is 1.90. The van der Waals surface area contributed by atoms with Gasteiger partial charge < -0.3 is 9.73 Å². The van der Waals surface area contributed by atoms with Crippen LogP contribution in [0.2, 0.25) is 0 Å². The number of hydrogen-bond donors (Lipinski definition) is 1. The predicted molar refractivity (Wildman–Crippen MR) is 68.9 cm³/mol. The summed E-state index contributed by atoms with van der Waals surface area (Å²) < 4.78 is 5.78. The van der Waals surface area contributed by atoms with Crippen molar-refractivity contribution in [3.05, 3.63) is 41.4 Å². The highest BCUT2D eigenvalue weighted by atomic mass is 16.4. The Labute approximate surface area is 102 Å². The smallest absolute Gasteiger partial charge is 0.211 e. The summed E-state index contributed by atoms with van der Waals surface area (Å²) in [6, 6.07) is 6.47. The summed E-state index contributed by atoms with van der Waals surface area (Å²) in [6.07, 6.45) is 1.80. The molecule has 0 radical (unpaired) electrons. The molecule has 1 atom stereocenters. The number of benzene rings is 1. The van der Waals surface area contributed by atoms with E-state index in [1.807, 2.05) is 14.0 Å². The quantitative estimate of drug-likeness (QED) is 0.879. The van der Waals surface area contributed by atoms with Crippen molar-refractivity contribution in [2.75, 3.05) is 7.05 Å². The molecular weight excluding hydrogens is 212 g/mol. The number of aromatic nitrogens is 1. The Kier molecular flexibility index (Phi) is 3.29. The van der Waals surface area contributed by atoms with Crippen molar-refractivity contribution >= 4 is 0 Å². The molecule has 1 aromatic carbocycles. The first kappa shape index (κ1) is 11.9.